The number of ether oxygens (including phenoxy) is 1. The van der Waals surface area contributed by atoms with Crippen molar-refractivity contribution in [1.29, 1.82) is 0 Å². The summed E-state index contributed by atoms with van der Waals surface area (Å²) in [6.07, 6.45) is 3.95. The van der Waals surface area contributed by atoms with Gasteiger partial charge in [-0.1, -0.05) is 18.2 Å². The minimum atomic E-state index is 0.567. The van der Waals surface area contributed by atoms with Gasteiger partial charge in [-0.15, -0.1) is 0 Å². The van der Waals surface area contributed by atoms with Crippen molar-refractivity contribution in [3.8, 4) is 5.75 Å². The minimum Gasteiger partial charge on any atom is -0.490 e. The summed E-state index contributed by atoms with van der Waals surface area (Å²) in [5, 5.41) is 0. The van der Waals surface area contributed by atoms with E-state index in [-0.39, 0.29) is 0 Å². The highest BCUT2D eigenvalue weighted by Gasteiger charge is 2.13. The predicted molar refractivity (Wildman–Crippen MR) is 63.3 cm³/mol. The lowest BCUT2D eigenvalue weighted by Crippen LogP contribution is -2.28. The highest BCUT2D eigenvalue weighted by atomic mass is 16.5. The monoisotopic (exact) mass is 204 g/mol. The molecule has 0 aliphatic carbocycles. The lowest BCUT2D eigenvalue weighted by atomic mass is 10.1. The molecule has 0 atom stereocenters. The Kier molecular flexibility index (Phi) is 2.92. The third kappa shape index (κ3) is 2.13. The number of hydrogen-bond acceptors (Lipinski definition) is 3. The van der Waals surface area contributed by atoms with E-state index >= 15 is 0 Å². The molecule has 0 spiro atoms. The molecule has 1 aromatic rings. The maximum absolute atomic E-state index is 5.61. The molecule has 3 nitrogen and oxygen atoms in total. The lowest BCUT2D eigenvalue weighted by Gasteiger charge is -2.27. The van der Waals surface area contributed by atoms with E-state index in [0.717, 1.165) is 30.2 Å². The van der Waals surface area contributed by atoms with Crippen LogP contribution in [0.5, 0.6) is 5.75 Å². The number of anilines is 1. The molecule has 3 heteroatoms. The normalized spacial score (nSPS) is 15.2. The Labute approximate surface area is 90.1 Å². The molecule has 1 heterocycles. The molecule has 1 aromatic carbocycles. The van der Waals surface area contributed by atoms with Gasteiger partial charge in [0.2, 0.25) is 0 Å². The van der Waals surface area contributed by atoms with E-state index in [2.05, 4.69) is 30.1 Å². The Hall–Kier alpha value is -1.48. The first-order chi connectivity index (χ1) is 7.31. The van der Waals surface area contributed by atoms with Crippen LogP contribution in [0.2, 0.25) is 0 Å². The van der Waals surface area contributed by atoms with Crippen molar-refractivity contribution < 1.29 is 4.74 Å². The Balaban J connectivity index is 2.29. The van der Waals surface area contributed by atoms with Crippen LogP contribution in [0, 0.1) is 0 Å². The van der Waals surface area contributed by atoms with Crippen LogP contribution in [0.15, 0.2) is 24.3 Å². The predicted octanol–water partition coefficient (Wildman–Crippen LogP) is 1.49. The molecular weight excluding hydrogens is 188 g/mol. The fourth-order valence-corrected chi connectivity index (χ4v) is 1.68. The maximum Gasteiger partial charge on any atom is 0.143 e. The van der Waals surface area contributed by atoms with E-state index in [1.54, 1.807) is 0 Å². The van der Waals surface area contributed by atoms with Gasteiger partial charge in [-0.25, -0.2) is 0 Å². The lowest BCUT2D eigenvalue weighted by molar-refractivity contribution is 0.311. The van der Waals surface area contributed by atoms with Crippen molar-refractivity contribution in [2.24, 2.45) is 5.73 Å². The van der Waals surface area contributed by atoms with Gasteiger partial charge in [0.15, 0.2) is 0 Å². The quantitative estimate of drug-likeness (QED) is 0.793. The fraction of sp³-hybridized carbons (Fsp3) is 0.333. The van der Waals surface area contributed by atoms with Gasteiger partial charge < -0.3 is 15.4 Å². The third-order valence-corrected chi connectivity index (χ3v) is 2.53. The van der Waals surface area contributed by atoms with E-state index in [0.29, 0.717) is 6.54 Å². The molecular formula is C12H16N2O. The molecule has 2 N–H and O–H groups in total. The van der Waals surface area contributed by atoms with Crippen LogP contribution < -0.4 is 15.4 Å². The summed E-state index contributed by atoms with van der Waals surface area (Å²) in [5.41, 5.74) is 7.70. The van der Waals surface area contributed by atoms with Crippen LogP contribution in [-0.4, -0.2) is 26.7 Å². The van der Waals surface area contributed by atoms with E-state index in [1.165, 1.54) is 0 Å². The van der Waals surface area contributed by atoms with Gasteiger partial charge in [-0.2, -0.15) is 0 Å². The van der Waals surface area contributed by atoms with Crippen molar-refractivity contribution in [3.63, 3.8) is 0 Å². The molecule has 0 saturated heterocycles. The number of rotatable bonds is 2. The summed E-state index contributed by atoms with van der Waals surface area (Å²) in [6.45, 7) is 2.27. The Morgan fingerprint density at radius 3 is 3.20 bits per heavy atom. The molecule has 2 rings (SSSR count). The van der Waals surface area contributed by atoms with Gasteiger partial charge in [0, 0.05) is 13.6 Å². The summed E-state index contributed by atoms with van der Waals surface area (Å²) in [4.78, 5) is 2.20. The Morgan fingerprint density at radius 2 is 2.40 bits per heavy atom. The Bertz CT molecular complexity index is 374. The second-order valence-corrected chi connectivity index (χ2v) is 3.64. The van der Waals surface area contributed by atoms with Crippen LogP contribution >= 0.6 is 0 Å². The zero-order valence-corrected chi connectivity index (χ0v) is 8.94. The van der Waals surface area contributed by atoms with E-state index < -0.39 is 0 Å². The smallest absolute Gasteiger partial charge is 0.143 e. The SMILES string of the molecule is CN1CCOc2cc(/C=C/CN)ccc21. The van der Waals surface area contributed by atoms with Crippen LogP contribution in [0.25, 0.3) is 6.08 Å². The van der Waals surface area contributed by atoms with E-state index in [9.17, 15) is 0 Å². The van der Waals surface area contributed by atoms with Crippen molar-refractivity contribution in [1.82, 2.24) is 0 Å². The number of likely N-dealkylation sites (N-methyl/N-ethyl adjacent to an activating group) is 1. The molecule has 0 amide bonds. The first kappa shape index (κ1) is 10.1. The topological polar surface area (TPSA) is 38.5 Å². The summed E-state index contributed by atoms with van der Waals surface area (Å²) >= 11 is 0. The Morgan fingerprint density at radius 1 is 1.53 bits per heavy atom. The summed E-state index contributed by atoms with van der Waals surface area (Å²) < 4.78 is 5.61. The average Bonchev–Trinajstić information content (AvgIpc) is 2.26. The number of nitrogens with zero attached hydrogens (tertiary/aromatic N) is 1. The van der Waals surface area contributed by atoms with Crippen LogP contribution in [0.4, 0.5) is 5.69 Å². The van der Waals surface area contributed by atoms with Gasteiger partial charge in [-0.05, 0) is 17.7 Å². The second-order valence-electron chi connectivity index (χ2n) is 3.64. The highest BCUT2D eigenvalue weighted by molar-refractivity contribution is 5.65. The molecule has 0 bridgehead atoms. The van der Waals surface area contributed by atoms with Crippen LogP contribution in [0.1, 0.15) is 5.56 Å². The summed E-state index contributed by atoms with van der Waals surface area (Å²) in [7, 11) is 2.08. The average molecular weight is 204 g/mol. The van der Waals surface area contributed by atoms with E-state index in [4.69, 9.17) is 10.5 Å². The van der Waals surface area contributed by atoms with Crippen molar-refractivity contribution >= 4 is 11.8 Å². The molecule has 0 radical (unpaired) electrons. The zero-order chi connectivity index (χ0) is 10.7. The van der Waals surface area contributed by atoms with Gasteiger partial charge in [0.05, 0.1) is 12.2 Å². The molecule has 0 fully saturated rings. The van der Waals surface area contributed by atoms with E-state index in [1.807, 2.05) is 12.2 Å². The number of fused-ring (bicyclic) bond motifs is 1. The second kappa shape index (κ2) is 4.36. The largest absolute Gasteiger partial charge is 0.490 e. The highest BCUT2D eigenvalue weighted by Crippen LogP contribution is 2.31. The van der Waals surface area contributed by atoms with Crippen LogP contribution in [-0.2, 0) is 0 Å². The van der Waals surface area contributed by atoms with Gasteiger partial charge >= 0.3 is 0 Å². The number of hydrogen-bond donors (Lipinski definition) is 1. The van der Waals surface area contributed by atoms with Gasteiger partial charge in [0.1, 0.15) is 12.4 Å². The molecule has 0 unspecified atom stereocenters. The molecule has 15 heavy (non-hydrogen) atoms. The van der Waals surface area contributed by atoms with Crippen molar-refractivity contribution in [3.05, 3.63) is 29.8 Å². The molecule has 0 saturated carbocycles. The maximum atomic E-state index is 5.61. The number of nitrogens with two attached hydrogens (primary N) is 1. The van der Waals surface area contributed by atoms with Crippen molar-refractivity contribution in [2.45, 2.75) is 0 Å². The molecule has 80 valence electrons. The first-order valence-corrected chi connectivity index (χ1v) is 5.16. The minimum absolute atomic E-state index is 0.567. The zero-order valence-electron chi connectivity index (χ0n) is 8.94. The van der Waals surface area contributed by atoms with Crippen LogP contribution in [0.3, 0.4) is 0 Å². The number of benzene rings is 1. The summed E-state index contributed by atoms with van der Waals surface area (Å²) in [5.74, 6) is 0.961. The van der Waals surface area contributed by atoms with Gasteiger partial charge in [-0.3, -0.25) is 0 Å². The molecule has 1 aliphatic heterocycles. The standard InChI is InChI=1S/C12H16N2O/c1-14-7-8-15-12-9-10(3-2-6-13)4-5-11(12)14/h2-5,9H,6-8,13H2,1H3/b3-2+. The van der Waals surface area contributed by atoms with Gasteiger partial charge in [0.25, 0.3) is 0 Å². The van der Waals surface area contributed by atoms with Crippen molar-refractivity contribution in [2.75, 3.05) is 31.6 Å². The third-order valence-electron chi connectivity index (χ3n) is 2.53. The summed E-state index contributed by atoms with van der Waals surface area (Å²) in [6, 6.07) is 6.22. The fourth-order valence-electron chi connectivity index (χ4n) is 1.68. The first-order valence-electron chi connectivity index (χ1n) is 5.16. The molecule has 1 aliphatic rings. The molecule has 0 aromatic heterocycles.